The van der Waals surface area contributed by atoms with Crippen molar-refractivity contribution in [3.63, 3.8) is 0 Å². The van der Waals surface area contributed by atoms with Crippen LogP contribution in [0.2, 0.25) is 0 Å². The number of aromatic carboxylic acids is 1. The highest BCUT2D eigenvalue weighted by Gasteiger charge is 2.30. The van der Waals surface area contributed by atoms with Crippen molar-refractivity contribution in [1.82, 2.24) is 8.87 Å². The monoisotopic (exact) mass is 587 g/mol. The van der Waals surface area contributed by atoms with Crippen LogP contribution in [0.5, 0.6) is 0 Å². The molecular weight excluding hydrogens is 566 g/mol. The Bertz CT molecular complexity index is 1540. The fourth-order valence-electron chi connectivity index (χ4n) is 3.52. The summed E-state index contributed by atoms with van der Waals surface area (Å²) in [6.45, 7) is 0.348. The Labute approximate surface area is 221 Å². The quantitative estimate of drug-likeness (QED) is 0.376. The average Bonchev–Trinajstić information content (AvgIpc) is 2.87. The number of aromatic nitrogens is 1. The Morgan fingerprint density at radius 1 is 1.14 bits per heavy atom. The number of esters is 1. The number of rotatable bonds is 9. The average molecular weight is 588 g/mol. The summed E-state index contributed by atoms with van der Waals surface area (Å²) in [5.74, 6) is -2.26. The van der Waals surface area contributed by atoms with Crippen molar-refractivity contribution >= 4 is 37.9 Å². The largest absolute Gasteiger partial charge is 0.478 e. The summed E-state index contributed by atoms with van der Waals surface area (Å²) in [5, 5.41) is 18.9. The van der Waals surface area contributed by atoms with Crippen LogP contribution in [0.3, 0.4) is 0 Å². The Morgan fingerprint density at radius 2 is 1.76 bits per heavy atom. The predicted molar refractivity (Wildman–Crippen MR) is 136 cm³/mol. The first-order valence-corrected chi connectivity index (χ1v) is 13.0. The second-order valence-electron chi connectivity index (χ2n) is 8.02. The van der Waals surface area contributed by atoms with Crippen LogP contribution >= 0.6 is 15.9 Å². The predicted octanol–water partition coefficient (Wildman–Crippen LogP) is 2.90. The smallest absolute Gasteiger partial charge is 0.337 e. The van der Waals surface area contributed by atoms with Crippen LogP contribution in [0, 0.1) is 18.3 Å². The second kappa shape index (κ2) is 11.5. The molecule has 3 rings (SSSR count). The number of aryl methyl sites for hydroxylation is 1. The third-order valence-electron chi connectivity index (χ3n) is 5.53. The lowest BCUT2D eigenvalue weighted by Gasteiger charge is -2.24. The number of benzene rings is 2. The molecule has 0 fully saturated rings. The minimum absolute atomic E-state index is 0.0387. The Morgan fingerprint density at radius 3 is 2.30 bits per heavy atom. The molecule has 0 aliphatic heterocycles. The van der Waals surface area contributed by atoms with E-state index in [-0.39, 0.29) is 27.2 Å². The van der Waals surface area contributed by atoms with Gasteiger partial charge in [0.25, 0.3) is 5.56 Å². The van der Waals surface area contributed by atoms with Gasteiger partial charge in [-0.05, 0) is 58.7 Å². The van der Waals surface area contributed by atoms with E-state index in [1.807, 2.05) is 6.07 Å². The van der Waals surface area contributed by atoms with Crippen molar-refractivity contribution in [3.05, 3.63) is 97.4 Å². The number of carboxylic acid groups (broad SMARTS) is 1. The number of halogens is 1. The number of pyridine rings is 1. The molecule has 0 radical (unpaired) electrons. The third-order valence-corrected chi connectivity index (χ3v) is 7.90. The highest BCUT2D eigenvalue weighted by atomic mass is 79.9. The van der Waals surface area contributed by atoms with Crippen LogP contribution in [-0.4, -0.2) is 48.0 Å². The molecule has 12 heteroatoms. The number of sulfonamides is 1. The molecule has 2 aromatic carbocycles. The van der Waals surface area contributed by atoms with Crippen molar-refractivity contribution < 1.29 is 27.9 Å². The number of carboxylic acids is 1. The van der Waals surface area contributed by atoms with Gasteiger partial charge in [-0.3, -0.25) is 9.59 Å². The van der Waals surface area contributed by atoms with Crippen LogP contribution in [0.25, 0.3) is 0 Å². The van der Waals surface area contributed by atoms with Gasteiger partial charge in [-0.2, -0.15) is 9.57 Å². The summed E-state index contributed by atoms with van der Waals surface area (Å²) in [5.41, 5.74) is 0.715. The molecule has 10 nitrogen and oxygen atoms in total. The van der Waals surface area contributed by atoms with Gasteiger partial charge >= 0.3 is 11.9 Å². The van der Waals surface area contributed by atoms with Crippen molar-refractivity contribution in [2.24, 2.45) is 0 Å². The first kappa shape index (κ1) is 27.8. The molecular formula is C25H22BrN3O7S. The summed E-state index contributed by atoms with van der Waals surface area (Å²) < 4.78 is 33.6. The van der Waals surface area contributed by atoms with E-state index in [0.717, 1.165) is 27.6 Å². The Hall–Kier alpha value is -3.79. The molecule has 0 saturated heterocycles. The normalized spacial score (nSPS) is 11.2. The first-order valence-electron chi connectivity index (χ1n) is 10.8. The lowest BCUT2D eigenvalue weighted by atomic mass is 10.1. The van der Waals surface area contributed by atoms with E-state index in [4.69, 9.17) is 5.26 Å². The molecule has 3 aromatic rings. The topological polar surface area (TPSA) is 147 Å². The lowest BCUT2D eigenvalue weighted by Crippen LogP contribution is -2.39. The van der Waals surface area contributed by atoms with Crippen LogP contribution in [0.15, 0.2) is 68.8 Å². The number of nitrogens with zero attached hydrogens (tertiary/aromatic N) is 3. The summed E-state index contributed by atoms with van der Waals surface area (Å²) in [7, 11) is -3.21. The number of hydrogen-bond donors (Lipinski definition) is 1. The van der Waals surface area contributed by atoms with Gasteiger partial charge in [-0.15, -0.1) is 0 Å². The van der Waals surface area contributed by atoms with Gasteiger partial charge < -0.3 is 14.4 Å². The SMILES string of the molecule is COC(=O)CN(Cc1c(C(=O)O)cc(Br)c(=O)n1Cc1ccc(C#N)cc1)S(=O)(=O)c1ccc(C)cc1. The molecule has 0 unspecified atom stereocenters. The number of hydrogen-bond acceptors (Lipinski definition) is 7. The number of methoxy groups -OCH3 is 1. The Kier molecular flexibility index (Phi) is 8.65. The molecule has 0 aliphatic carbocycles. The fraction of sp³-hybridized carbons (Fsp3) is 0.200. The van der Waals surface area contributed by atoms with E-state index in [2.05, 4.69) is 20.7 Å². The van der Waals surface area contributed by atoms with Gasteiger partial charge in [0, 0.05) is 0 Å². The molecule has 0 saturated carbocycles. The highest BCUT2D eigenvalue weighted by molar-refractivity contribution is 9.10. The zero-order chi connectivity index (χ0) is 27.3. The van der Waals surface area contributed by atoms with E-state index >= 15 is 0 Å². The van der Waals surface area contributed by atoms with Gasteiger partial charge in [0.2, 0.25) is 10.0 Å². The second-order valence-corrected chi connectivity index (χ2v) is 10.8. The number of nitriles is 1. The van der Waals surface area contributed by atoms with Gasteiger partial charge in [0.1, 0.15) is 6.54 Å². The van der Waals surface area contributed by atoms with E-state index in [1.165, 1.54) is 12.1 Å². The minimum atomic E-state index is -4.31. The van der Waals surface area contributed by atoms with Crippen LogP contribution in [-0.2, 0) is 32.6 Å². The van der Waals surface area contributed by atoms with E-state index in [1.54, 1.807) is 43.3 Å². The molecule has 192 valence electrons. The maximum Gasteiger partial charge on any atom is 0.337 e. The van der Waals surface area contributed by atoms with Crippen molar-refractivity contribution in [1.29, 1.82) is 5.26 Å². The summed E-state index contributed by atoms with van der Waals surface area (Å²) in [6, 6.07) is 15.3. The Balaban J connectivity index is 2.19. The standard InChI is InChI=1S/C25H22BrN3O7S/c1-16-3-9-19(10-4-16)37(34,35)28(15-23(30)36-2)14-22-20(25(32)33)11-21(26)24(31)29(22)13-18-7-5-17(12-27)6-8-18/h3-11H,13-15H2,1-2H3,(H,32,33). The van der Waals surface area contributed by atoms with E-state index in [9.17, 15) is 27.9 Å². The zero-order valence-corrected chi connectivity index (χ0v) is 22.2. The van der Waals surface area contributed by atoms with Gasteiger partial charge in [0.15, 0.2) is 0 Å². The molecule has 1 heterocycles. The summed E-state index contributed by atoms with van der Waals surface area (Å²) in [4.78, 5) is 37.3. The molecule has 0 atom stereocenters. The molecule has 1 aromatic heterocycles. The summed E-state index contributed by atoms with van der Waals surface area (Å²) >= 11 is 3.09. The van der Waals surface area contributed by atoms with E-state index < -0.39 is 40.6 Å². The zero-order valence-electron chi connectivity index (χ0n) is 19.8. The van der Waals surface area contributed by atoms with Crippen LogP contribution in [0.1, 0.15) is 32.7 Å². The number of carbonyl (C=O) groups is 2. The molecule has 0 bridgehead atoms. The molecule has 0 amide bonds. The first-order chi connectivity index (χ1) is 17.5. The number of carbonyl (C=O) groups excluding carboxylic acids is 1. The fourth-order valence-corrected chi connectivity index (χ4v) is 5.31. The van der Waals surface area contributed by atoms with Gasteiger partial charge in [-0.1, -0.05) is 29.8 Å². The molecule has 1 N–H and O–H groups in total. The van der Waals surface area contributed by atoms with Gasteiger partial charge in [0.05, 0.1) is 52.5 Å². The van der Waals surface area contributed by atoms with Crippen molar-refractivity contribution in [3.8, 4) is 6.07 Å². The van der Waals surface area contributed by atoms with Crippen molar-refractivity contribution in [2.45, 2.75) is 24.9 Å². The summed E-state index contributed by atoms with van der Waals surface area (Å²) in [6.07, 6.45) is 0. The van der Waals surface area contributed by atoms with Crippen LogP contribution in [0.4, 0.5) is 0 Å². The van der Waals surface area contributed by atoms with Crippen molar-refractivity contribution in [2.75, 3.05) is 13.7 Å². The van der Waals surface area contributed by atoms with Crippen LogP contribution < -0.4 is 5.56 Å². The van der Waals surface area contributed by atoms with E-state index in [0.29, 0.717) is 11.1 Å². The van der Waals surface area contributed by atoms with Gasteiger partial charge in [-0.25, -0.2) is 13.2 Å². The molecule has 0 spiro atoms. The minimum Gasteiger partial charge on any atom is -0.478 e. The molecule has 0 aliphatic rings. The lowest BCUT2D eigenvalue weighted by molar-refractivity contribution is -0.140. The molecule has 37 heavy (non-hydrogen) atoms. The maximum atomic E-state index is 13.5. The highest BCUT2D eigenvalue weighted by Crippen LogP contribution is 2.23. The number of ether oxygens (including phenoxy) is 1. The third kappa shape index (κ3) is 6.32. The maximum absolute atomic E-state index is 13.5.